The van der Waals surface area contributed by atoms with Gasteiger partial charge >= 0.3 is 5.97 Å². The van der Waals surface area contributed by atoms with Crippen molar-refractivity contribution in [2.75, 3.05) is 0 Å². The number of carboxylic acids is 1. The Labute approximate surface area is 101 Å². The molecule has 16 heavy (non-hydrogen) atoms. The summed E-state index contributed by atoms with van der Waals surface area (Å²) < 4.78 is 1.75. The van der Waals surface area contributed by atoms with Crippen LogP contribution in [-0.2, 0) is 11.2 Å². The van der Waals surface area contributed by atoms with E-state index in [1.54, 1.807) is 22.7 Å². The standard InChI is InChI=1S/C10H8Cl2N2O2/c11-6-3-4-14-7(5-6)10(12)13-8(14)1-2-9(15)16/h3-5H,1-2H2,(H,15,16). The number of carboxylic acid groups (broad SMARTS) is 1. The van der Waals surface area contributed by atoms with E-state index < -0.39 is 5.97 Å². The zero-order valence-corrected chi connectivity index (χ0v) is 9.66. The Balaban J connectivity index is 2.43. The highest BCUT2D eigenvalue weighted by atomic mass is 35.5. The Kier molecular flexibility index (Phi) is 3.03. The van der Waals surface area contributed by atoms with Crippen molar-refractivity contribution >= 4 is 34.7 Å². The van der Waals surface area contributed by atoms with E-state index in [-0.39, 0.29) is 6.42 Å². The molecule has 84 valence electrons. The molecule has 0 unspecified atom stereocenters. The molecular weight excluding hydrogens is 251 g/mol. The molecular formula is C10H8Cl2N2O2. The van der Waals surface area contributed by atoms with Crippen LogP contribution in [0.25, 0.3) is 5.52 Å². The Morgan fingerprint density at radius 1 is 1.50 bits per heavy atom. The number of halogens is 2. The summed E-state index contributed by atoms with van der Waals surface area (Å²) in [7, 11) is 0. The van der Waals surface area contributed by atoms with Gasteiger partial charge in [-0.15, -0.1) is 0 Å². The van der Waals surface area contributed by atoms with Gasteiger partial charge in [-0.3, -0.25) is 4.79 Å². The monoisotopic (exact) mass is 258 g/mol. The highest BCUT2D eigenvalue weighted by Gasteiger charge is 2.10. The van der Waals surface area contributed by atoms with Gasteiger partial charge in [0.15, 0.2) is 5.15 Å². The lowest BCUT2D eigenvalue weighted by molar-refractivity contribution is -0.137. The number of fused-ring (bicyclic) bond motifs is 1. The second kappa shape index (κ2) is 4.31. The fourth-order valence-electron chi connectivity index (χ4n) is 1.48. The number of hydrogen-bond acceptors (Lipinski definition) is 2. The Morgan fingerprint density at radius 2 is 2.25 bits per heavy atom. The van der Waals surface area contributed by atoms with E-state index in [1.807, 2.05) is 0 Å². The van der Waals surface area contributed by atoms with E-state index >= 15 is 0 Å². The smallest absolute Gasteiger partial charge is 0.303 e. The molecule has 0 aliphatic heterocycles. The van der Waals surface area contributed by atoms with Crippen LogP contribution < -0.4 is 0 Å². The van der Waals surface area contributed by atoms with E-state index in [4.69, 9.17) is 28.3 Å². The molecule has 2 rings (SSSR count). The molecule has 2 aromatic rings. The first kappa shape index (κ1) is 11.2. The Morgan fingerprint density at radius 3 is 2.94 bits per heavy atom. The van der Waals surface area contributed by atoms with E-state index in [1.165, 1.54) is 0 Å². The van der Waals surface area contributed by atoms with Crippen molar-refractivity contribution < 1.29 is 9.90 Å². The molecule has 0 aliphatic carbocycles. The minimum Gasteiger partial charge on any atom is -0.481 e. The van der Waals surface area contributed by atoms with Crippen LogP contribution in [0.4, 0.5) is 0 Å². The van der Waals surface area contributed by atoms with Gasteiger partial charge in [-0.1, -0.05) is 23.2 Å². The van der Waals surface area contributed by atoms with Crippen molar-refractivity contribution in [2.24, 2.45) is 0 Å². The third-order valence-corrected chi connectivity index (χ3v) is 2.71. The van der Waals surface area contributed by atoms with Gasteiger partial charge in [0.2, 0.25) is 0 Å². The number of pyridine rings is 1. The predicted octanol–water partition coefficient (Wildman–Crippen LogP) is 2.66. The molecule has 1 N–H and O–H groups in total. The van der Waals surface area contributed by atoms with Crippen LogP contribution in [0.15, 0.2) is 18.3 Å². The summed E-state index contributed by atoms with van der Waals surface area (Å²) in [5.74, 6) is -0.235. The minimum atomic E-state index is -0.859. The SMILES string of the molecule is O=C(O)CCc1nc(Cl)c2cc(Cl)ccn12. The van der Waals surface area contributed by atoms with Gasteiger partial charge in [0.05, 0.1) is 11.9 Å². The lowest BCUT2D eigenvalue weighted by atomic mass is 10.3. The molecule has 0 saturated carbocycles. The van der Waals surface area contributed by atoms with Crippen molar-refractivity contribution in [3.05, 3.63) is 34.3 Å². The number of aromatic nitrogens is 2. The number of imidazole rings is 1. The number of nitrogens with zero attached hydrogens (tertiary/aromatic N) is 2. The van der Waals surface area contributed by atoms with E-state index in [0.29, 0.717) is 27.9 Å². The first-order valence-electron chi connectivity index (χ1n) is 4.61. The Hall–Kier alpha value is -1.26. The maximum Gasteiger partial charge on any atom is 0.303 e. The Bertz CT molecular complexity index is 551. The largest absolute Gasteiger partial charge is 0.481 e. The third kappa shape index (κ3) is 2.13. The molecule has 0 saturated heterocycles. The zero-order chi connectivity index (χ0) is 11.7. The maximum absolute atomic E-state index is 10.5. The lowest BCUT2D eigenvalue weighted by Crippen LogP contribution is -2.01. The van der Waals surface area contributed by atoms with Gasteiger partial charge in [-0.2, -0.15) is 0 Å². The van der Waals surface area contributed by atoms with Crippen molar-refractivity contribution in [1.29, 1.82) is 0 Å². The van der Waals surface area contributed by atoms with Crippen LogP contribution in [0.2, 0.25) is 10.2 Å². The summed E-state index contributed by atoms with van der Waals surface area (Å²) in [5.41, 5.74) is 0.689. The summed E-state index contributed by atoms with van der Waals surface area (Å²) in [4.78, 5) is 14.6. The molecule has 0 aliphatic rings. The number of aryl methyl sites for hydroxylation is 1. The quantitative estimate of drug-likeness (QED) is 0.921. The molecule has 0 radical (unpaired) electrons. The molecule has 0 amide bonds. The molecule has 2 heterocycles. The maximum atomic E-state index is 10.5. The molecule has 2 aromatic heterocycles. The number of aliphatic carboxylic acids is 1. The average molecular weight is 259 g/mol. The van der Waals surface area contributed by atoms with Crippen molar-refractivity contribution in [3.63, 3.8) is 0 Å². The van der Waals surface area contributed by atoms with Gasteiger partial charge in [0.25, 0.3) is 0 Å². The summed E-state index contributed by atoms with van der Waals surface area (Å²) in [6.45, 7) is 0. The molecule has 0 fully saturated rings. The van der Waals surface area contributed by atoms with E-state index in [2.05, 4.69) is 4.98 Å². The fraction of sp³-hybridized carbons (Fsp3) is 0.200. The average Bonchev–Trinajstić information content (AvgIpc) is 2.53. The van der Waals surface area contributed by atoms with Crippen LogP contribution in [0.1, 0.15) is 12.2 Å². The van der Waals surface area contributed by atoms with Gasteiger partial charge in [-0.25, -0.2) is 4.98 Å². The van der Waals surface area contributed by atoms with Gasteiger partial charge in [0.1, 0.15) is 5.82 Å². The molecule has 6 heteroatoms. The number of rotatable bonds is 3. The first-order valence-corrected chi connectivity index (χ1v) is 5.37. The van der Waals surface area contributed by atoms with Crippen molar-refractivity contribution in [1.82, 2.24) is 9.38 Å². The third-order valence-electron chi connectivity index (χ3n) is 2.20. The second-order valence-corrected chi connectivity index (χ2v) is 4.11. The number of hydrogen-bond donors (Lipinski definition) is 1. The lowest BCUT2D eigenvalue weighted by Gasteiger charge is -1.99. The number of carbonyl (C=O) groups is 1. The molecule has 0 aromatic carbocycles. The molecule has 0 bridgehead atoms. The van der Waals surface area contributed by atoms with Crippen LogP contribution in [-0.4, -0.2) is 20.5 Å². The second-order valence-electron chi connectivity index (χ2n) is 3.31. The van der Waals surface area contributed by atoms with E-state index in [9.17, 15) is 4.79 Å². The van der Waals surface area contributed by atoms with Crippen LogP contribution in [0, 0.1) is 0 Å². The summed E-state index contributed by atoms with van der Waals surface area (Å²) >= 11 is 11.8. The highest BCUT2D eigenvalue weighted by Crippen LogP contribution is 2.22. The topological polar surface area (TPSA) is 54.6 Å². The fourth-order valence-corrected chi connectivity index (χ4v) is 1.88. The minimum absolute atomic E-state index is 0.0259. The zero-order valence-electron chi connectivity index (χ0n) is 8.15. The summed E-state index contributed by atoms with van der Waals surface area (Å²) in [6, 6.07) is 3.40. The summed E-state index contributed by atoms with van der Waals surface area (Å²) in [6.07, 6.45) is 2.09. The van der Waals surface area contributed by atoms with Crippen LogP contribution >= 0.6 is 23.2 Å². The molecule has 0 spiro atoms. The highest BCUT2D eigenvalue weighted by molar-refractivity contribution is 6.34. The molecule has 0 atom stereocenters. The summed E-state index contributed by atoms with van der Waals surface area (Å²) in [5, 5.41) is 9.51. The van der Waals surface area contributed by atoms with Crippen LogP contribution in [0.3, 0.4) is 0 Å². The predicted molar refractivity (Wildman–Crippen MR) is 61.2 cm³/mol. The first-order chi connectivity index (χ1) is 7.58. The van der Waals surface area contributed by atoms with Crippen molar-refractivity contribution in [2.45, 2.75) is 12.8 Å². The van der Waals surface area contributed by atoms with Crippen molar-refractivity contribution in [3.8, 4) is 0 Å². The van der Waals surface area contributed by atoms with E-state index in [0.717, 1.165) is 0 Å². The molecule has 4 nitrogen and oxygen atoms in total. The van der Waals surface area contributed by atoms with Crippen LogP contribution in [0.5, 0.6) is 0 Å². The van der Waals surface area contributed by atoms with Gasteiger partial charge < -0.3 is 9.51 Å². The van der Waals surface area contributed by atoms with Gasteiger partial charge in [0, 0.05) is 17.6 Å². The van der Waals surface area contributed by atoms with Gasteiger partial charge in [-0.05, 0) is 12.1 Å². The normalized spacial score (nSPS) is 10.9.